The van der Waals surface area contributed by atoms with E-state index in [-0.39, 0.29) is 11.3 Å². The van der Waals surface area contributed by atoms with E-state index in [0.717, 1.165) is 0 Å². The molecule has 1 aliphatic rings. The van der Waals surface area contributed by atoms with Crippen LogP contribution in [0.3, 0.4) is 0 Å². The fourth-order valence-corrected chi connectivity index (χ4v) is 3.32. The predicted octanol–water partition coefficient (Wildman–Crippen LogP) is 3.17. The predicted molar refractivity (Wildman–Crippen MR) is 57.1 cm³/mol. The van der Waals surface area contributed by atoms with E-state index >= 15 is 0 Å². The first kappa shape index (κ1) is 11.5. The second-order valence-corrected chi connectivity index (χ2v) is 5.51. The van der Waals surface area contributed by atoms with Crippen LogP contribution in [0, 0.1) is 23.2 Å². The lowest BCUT2D eigenvalue weighted by Gasteiger charge is -2.45. The molecule has 2 heteroatoms. The Morgan fingerprint density at radius 2 is 2.07 bits per heavy atom. The second-order valence-electron chi connectivity index (χ2n) is 5.51. The highest BCUT2D eigenvalue weighted by Crippen LogP contribution is 2.47. The van der Waals surface area contributed by atoms with Gasteiger partial charge < -0.3 is 5.11 Å². The fourth-order valence-electron chi connectivity index (χ4n) is 3.32. The van der Waals surface area contributed by atoms with Crippen LogP contribution in [0.2, 0.25) is 0 Å². The van der Waals surface area contributed by atoms with Crippen molar-refractivity contribution in [3.8, 4) is 0 Å². The molecular weight excluding hydrogens is 176 g/mol. The summed E-state index contributed by atoms with van der Waals surface area (Å²) in [6.07, 6.45) is 3.60. The summed E-state index contributed by atoms with van der Waals surface area (Å²) in [4.78, 5) is 11.0. The van der Waals surface area contributed by atoms with Gasteiger partial charge in [0.05, 0.1) is 5.92 Å². The largest absolute Gasteiger partial charge is 0.481 e. The smallest absolute Gasteiger partial charge is 0.306 e. The normalized spacial score (nSPS) is 33.7. The van der Waals surface area contributed by atoms with Gasteiger partial charge in [-0.15, -0.1) is 0 Å². The van der Waals surface area contributed by atoms with Gasteiger partial charge in [-0.1, -0.05) is 40.5 Å². The van der Waals surface area contributed by atoms with E-state index in [2.05, 4.69) is 20.8 Å². The van der Waals surface area contributed by atoms with Crippen molar-refractivity contribution in [1.82, 2.24) is 0 Å². The minimum atomic E-state index is -0.642. The lowest BCUT2D eigenvalue weighted by atomic mass is 9.60. The van der Waals surface area contributed by atoms with Crippen molar-refractivity contribution in [3.63, 3.8) is 0 Å². The van der Waals surface area contributed by atoms with Gasteiger partial charge in [-0.25, -0.2) is 0 Å². The van der Waals surface area contributed by atoms with Gasteiger partial charge in [0.2, 0.25) is 0 Å². The molecule has 0 aliphatic heterocycles. The average molecular weight is 198 g/mol. The molecule has 1 fully saturated rings. The third-order valence-corrected chi connectivity index (χ3v) is 3.92. The first-order chi connectivity index (χ1) is 6.36. The van der Waals surface area contributed by atoms with E-state index in [1.54, 1.807) is 0 Å². The molecule has 0 heterocycles. The lowest BCUT2D eigenvalue weighted by Crippen LogP contribution is -2.40. The molecule has 14 heavy (non-hydrogen) atoms. The second kappa shape index (κ2) is 3.92. The molecule has 1 rings (SSSR count). The molecule has 0 spiro atoms. The number of hydrogen-bond donors (Lipinski definition) is 1. The van der Waals surface area contributed by atoms with Crippen molar-refractivity contribution in [2.45, 2.75) is 47.0 Å². The lowest BCUT2D eigenvalue weighted by molar-refractivity contribution is -0.147. The number of rotatable bonds is 2. The Kier molecular flexibility index (Phi) is 3.23. The Hall–Kier alpha value is -0.530. The Morgan fingerprint density at radius 3 is 2.50 bits per heavy atom. The zero-order chi connectivity index (χ0) is 10.9. The van der Waals surface area contributed by atoms with E-state index in [1.807, 2.05) is 6.92 Å². The number of carboxylic acid groups (broad SMARTS) is 1. The summed E-state index contributed by atoms with van der Waals surface area (Å²) < 4.78 is 0. The van der Waals surface area contributed by atoms with Gasteiger partial charge in [0.25, 0.3) is 0 Å². The van der Waals surface area contributed by atoms with E-state index < -0.39 is 5.97 Å². The Balaban J connectivity index is 2.84. The summed E-state index contributed by atoms with van der Waals surface area (Å²) in [5.74, 6) is 0.0238. The highest BCUT2D eigenvalue weighted by molar-refractivity contribution is 5.70. The Morgan fingerprint density at radius 1 is 1.50 bits per heavy atom. The van der Waals surface area contributed by atoms with Gasteiger partial charge in [-0.2, -0.15) is 0 Å². The topological polar surface area (TPSA) is 37.3 Å². The zero-order valence-electron chi connectivity index (χ0n) is 9.71. The van der Waals surface area contributed by atoms with E-state index in [0.29, 0.717) is 11.8 Å². The molecule has 1 N–H and O–H groups in total. The summed E-state index contributed by atoms with van der Waals surface area (Å²) >= 11 is 0. The van der Waals surface area contributed by atoms with Crippen LogP contribution in [-0.2, 0) is 4.79 Å². The maximum atomic E-state index is 11.0. The third-order valence-electron chi connectivity index (χ3n) is 3.92. The van der Waals surface area contributed by atoms with Gasteiger partial charge in [-0.05, 0) is 23.7 Å². The maximum Gasteiger partial charge on any atom is 0.306 e. The van der Waals surface area contributed by atoms with Crippen LogP contribution in [0.5, 0.6) is 0 Å². The number of aliphatic carboxylic acids is 1. The average Bonchev–Trinajstić information content (AvgIpc) is 2.01. The molecule has 0 amide bonds. The molecule has 3 unspecified atom stereocenters. The van der Waals surface area contributed by atoms with Gasteiger partial charge in [-0.3, -0.25) is 4.79 Å². The summed E-state index contributed by atoms with van der Waals surface area (Å²) in [7, 11) is 0. The Labute approximate surface area is 86.7 Å². The molecule has 0 saturated heterocycles. The summed E-state index contributed by atoms with van der Waals surface area (Å²) in [5, 5.41) is 9.08. The van der Waals surface area contributed by atoms with Crippen LogP contribution < -0.4 is 0 Å². The van der Waals surface area contributed by atoms with E-state index in [4.69, 9.17) is 5.11 Å². The van der Waals surface area contributed by atoms with Gasteiger partial charge in [0, 0.05) is 0 Å². The van der Waals surface area contributed by atoms with Crippen molar-refractivity contribution < 1.29 is 9.90 Å². The van der Waals surface area contributed by atoms with Crippen LogP contribution in [0.15, 0.2) is 0 Å². The van der Waals surface area contributed by atoms with Crippen molar-refractivity contribution in [2.24, 2.45) is 23.2 Å². The number of carbonyl (C=O) groups is 1. The van der Waals surface area contributed by atoms with Crippen LogP contribution in [0.1, 0.15) is 47.0 Å². The molecule has 0 aromatic heterocycles. The third kappa shape index (κ3) is 2.10. The van der Waals surface area contributed by atoms with Crippen molar-refractivity contribution >= 4 is 5.97 Å². The van der Waals surface area contributed by atoms with Crippen LogP contribution in [0.25, 0.3) is 0 Å². The molecule has 1 saturated carbocycles. The minimum absolute atomic E-state index is 0.190. The van der Waals surface area contributed by atoms with Crippen LogP contribution in [-0.4, -0.2) is 11.1 Å². The molecule has 0 bridgehead atoms. The van der Waals surface area contributed by atoms with Crippen molar-refractivity contribution in [2.75, 3.05) is 0 Å². The van der Waals surface area contributed by atoms with Gasteiger partial charge >= 0.3 is 5.97 Å². The summed E-state index contributed by atoms with van der Waals surface area (Å²) in [5.41, 5.74) is 0.190. The van der Waals surface area contributed by atoms with Crippen LogP contribution in [0.4, 0.5) is 0 Å². The minimum Gasteiger partial charge on any atom is -0.481 e. The van der Waals surface area contributed by atoms with Crippen molar-refractivity contribution in [3.05, 3.63) is 0 Å². The summed E-state index contributed by atoms with van der Waals surface area (Å²) in [6, 6.07) is 0. The number of hydrogen-bond acceptors (Lipinski definition) is 1. The molecule has 1 aliphatic carbocycles. The SMILES string of the molecule is CC1CCCC(C)(C)C1C(C)C(=O)O. The van der Waals surface area contributed by atoms with Gasteiger partial charge in [0.1, 0.15) is 0 Å². The van der Waals surface area contributed by atoms with E-state index in [1.165, 1.54) is 19.3 Å². The first-order valence-electron chi connectivity index (χ1n) is 5.59. The highest BCUT2D eigenvalue weighted by Gasteiger charge is 2.42. The van der Waals surface area contributed by atoms with Crippen LogP contribution >= 0.6 is 0 Å². The van der Waals surface area contributed by atoms with Crippen molar-refractivity contribution in [1.29, 1.82) is 0 Å². The molecular formula is C12H22O2. The molecule has 0 aromatic rings. The summed E-state index contributed by atoms with van der Waals surface area (Å²) in [6.45, 7) is 8.49. The molecule has 0 aromatic carbocycles. The monoisotopic (exact) mass is 198 g/mol. The molecule has 0 radical (unpaired) electrons. The maximum absolute atomic E-state index is 11.0. The molecule has 82 valence electrons. The fraction of sp³-hybridized carbons (Fsp3) is 0.917. The molecule has 3 atom stereocenters. The zero-order valence-corrected chi connectivity index (χ0v) is 9.71. The van der Waals surface area contributed by atoms with E-state index in [9.17, 15) is 4.79 Å². The van der Waals surface area contributed by atoms with Gasteiger partial charge in [0.15, 0.2) is 0 Å². The standard InChI is InChI=1S/C12H22O2/c1-8-6-5-7-12(3,4)10(8)9(2)11(13)14/h8-10H,5-7H2,1-4H3,(H,13,14). The highest BCUT2D eigenvalue weighted by atomic mass is 16.4. The molecule has 2 nitrogen and oxygen atoms in total. The first-order valence-corrected chi connectivity index (χ1v) is 5.59. The number of carboxylic acids is 1. The Bertz CT molecular complexity index is 220. The quantitative estimate of drug-likeness (QED) is 0.740.